The van der Waals surface area contributed by atoms with Gasteiger partial charge in [-0.2, -0.15) is 0 Å². The van der Waals surface area contributed by atoms with Gasteiger partial charge in [-0.05, 0) is 196 Å². The highest BCUT2D eigenvalue weighted by atomic mass is 33.6. The number of hydrogen-bond donors (Lipinski definition) is 0. The van der Waals surface area contributed by atoms with E-state index < -0.39 is 6.99 Å². The van der Waals surface area contributed by atoms with E-state index in [1.807, 2.05) is 0 Å². The summed E-state index contributed by atoms with van der Waals surface area (Å²) in [5.41, 5.74) is 0. The lowest BCUT2D eigenvalue weighted by molar-refractivity contribution is 4.34. The Labute approximate surface area is 456 Å². The highest BCUT2D eigenvalue weighted by Crippen LogP contribution is 3.48. The first-order valence-electron chi connectivity index (χ1n) is 13.1. The van der Waals surface area contributed by atoms with Crippen molar-refractivity contribution in [1.29, 1.82) is 0 Å². The highest BCUT2D eigenvalue weighted by molar-refractivity contribution is 9.54. The largest absolute Gasteiger partial charge is 0.102 e. The van der Waals surface area contributed by atoms with Crippen LogP contribution in [0.5, 0.6) is 0 Å². The molecule has 0 heterocycles. The SMILES string of the molecule is [PH]P([PH])P(P(P)P)P(P(P)P)P(P(P(P(P)P)P(P)P)P(P(P)P)P(P)P)P(P(P(P(P)P)P(P)P)P(P(P)P)P(P)P)P(P(P(P)P)P(P)P)P(P(P)P)P(P)P. The Bertz CT molecular complexity index is 884. The van der Waals surface area contributed by atoms with Gasteiger partial charge < -0.3 is 0 Å². The molecule has 0 aliphatic carbocycles. The van der Waals surface area contributed by atoms with E-state index in [1.54, 1.807) is 0 Å². The third-order valence-corrected chi connectivity index (χ3v) is 404. The van der Waals surface area contributed by atoms with Crippen LogP contribution in [0, 0.1) is 0 Å². The Morgan fingerprint density at radius 2 is 0.241 bits per heavy atom. The molecule has 58 heteroatoms. The first kappa shape index (κ1) is 82.9. The molecule has 31 atom stereocenters. The summed E-state index contributed by atoms with van der Waals surface area (Å²) >= 11 is 0. The third kappa shape index (κ3) is 29.3. The van der Waals surface area contributed by atoms with Crippen molar-refractivity contribution in [3.63, 3.8) is 0 Å². The van der Waals surface area contributed by atoms with Crippen LogP contribution in [0.15, 0.2) is 0 Å². The second-order valence-electron chi connectivity index (χ2n) is 9.12. The predicted octanol–water partition coefficient (Wildman–Crippen LogP) is 34.4. The zero-order valence-corrected chi connectivity index (χ0v) is 89.1. The van der Waals surface area contributed by atoms with E-state index in [-0.39, 0.29) is 189 Å². The van der Waals surface area contributed by atoms with E-state index in [9.17, 15) is 0 Å². The molecule has 0 nitrogen and oxygen atoms in total. The van der Waals surface area contributed by atoms with Crippen LogP contribution in [0.3, 0.4) is 0 Å². The topological polar surface area (TPSA) is 0 Å². The summed E-state index contributed by atoms with van der Waals surface area (Å²) in [6.45, 7) is -6.94. The van der Waals surface area contributed by atoms with Crippen molar-refractivity contribution in [3.05, 3.63) is 0 Å². The van der Waals surface area contributed by atoms with Crippen LogP contribution >= 0.6 is 464 Å². The molecule has 0 amide bonds. The van der Waals surface area contributed by atoms with Gasteiger partial charge in [0.1, 0.15) is 0 Å². The van der Waals surface area contributed by atoms with Gasteiger partial charge in [0.05, 0.1) is 0 Å². The normalized spacial score (nSPS) is 15.5. The van der Waals surface area contributed by atoms with Gasteiger partial charge in [-0.25, -0.2) is 0 Å². The number of rotatable bonds is 27. The van der Waals surface area contributed by atoms with E-state index in [4.69, 9.17) is 0 Å². The predicted molar refractivity (Wildman–Crippen MR) is 482 cm³/mol. The van der Waals surface area contributed by atoms with E-state index in [0.29, 0.717) is 0 Å². The maximum absolute atomic E-state index is 4.53. The lowest BCUT2D eigenvalue weighted by Crippen LogP contribution is -1.72. The maximum Gasteiger partial charge on any atom is -0.0000120 e. The Morgan fingerprint density at radius 1 is 0.138 bits per heavy atom. The molecule has 0 aromatic rings. The summed E-state index contributed by atoms with van der Waals surface area (Å²) in [5, 5.41) is 0. The van der Waals surface area contributed by atoms with E-state index in [2.05, 4.69) is 268 Å². The summed E-state index contributed by atoms with van der Waals surface area (Å²) in [4.78, 5) is 0. The van der Waals surface area contributed by atoms with E-state index in [0.717, 1.165) is 0 Å². The summed E-state index contributed by atoms with van der Waals surface area (Å²) in [6, 6.07) is 0. The van der Waals surface area contributed by atoms with Crippen LogP contribution in [0.25, 0.3) is 0 Å². The van der Waals surface area contributed by atoms with Crippen molar-refractivity contribution in [2.24, 2.45) is 0 Å². The van der Waals surface area contributed by atoms with Gasteiger partial charge in [-0.1, -0.05) is 17.9 Å². The fourth-order valence-corrected chi connectivity index (χ4v) is 833. The fraction of sp³-hybridized carbons (Fsp3) is 0. The smallest absolute Gasteiger partial charge is 0.0000120 e. The van der Waals surface area contributed by atoms with Crippen LogP contribution in [0.4, 0.5) is 0 Å². The average molecular weight is 1850 g/mol. The molecule has 0 spiro atoms. The molecule has 348 valence electrons. The van der Waals surface area contributed by atoms with Gasteiger partial charge in [0.15, 0.2) is 0 Å². The second kappa shape index (κ2) is 45.2. The van der Waals surface area contributed by atoms with E-state index in [1.165, 1.54) is 0 Å². The van der Waals surface area contributed by atoms with Gasteiger partial charge in [-0.15, -0.1) is 250 Å². The molecule has 0 fully saturated rings. The summed E-state index contributed by atoms with van der Waals surface area (Å²) < 4.78 is 0. The third-order valence-electron chi connectivity index (χ3n) is 4.99. The first-order valence-corrected chi connectivity index (χ1v) is 118. The summed E-state index contributed by atoms with van der Waals surface area (Å²) in [6.07, 6.45) is 0. The van der Waals surface area contributed by atoms with Crippen LogP contribution < -0.4 is 0 Å². The van der Waals surface area contributed by atoms with Crippen molar-refractivity contribution in [2.45, 2.75) is 0 Å². The molecule has 2 radical (unpaired) electrons. The Balaban J connectivity index is 10.4. The Morgan fingerprint density at radius 3 is 0.345 bits per heavy atom. The summed E-state index contributed by atoms with van der Waals surface area (Å²) in [7, 11) is 108. The molecule has 0 saturated carbocycles. The minimum Gasteiger partial charge on any atom is -0.102 e. The van der Waals surface area contributed by atoms with Crippen molar-refractivity contribution in [3.8, 4) is 0 Å². The van der Waals surface area contributed by atoms with Gasteiger partial charge in [0, 0.05) is 0 Å². The monoisotopic (exact) mass is 1850 g/mol. The molecular formula is H58P58. The van der Waals surface area contributed by atoms with Crippen LogP contribution in [0.2, 0.25) is 0 Å². The minimum absolute atomic E-state index is 0.193. The van der Waals surface area contributed by atoms with Gasteiger partial charge in [0.25, 0.3) is 0 Å². The van der Waals surface area contributed by atoms with Crippen molar-refractivity contribution >= 4 is 464 Å². The van der Waals surface area contributed by atoms with E-state index >= 15 is 0 Å². The first-order chi connectivity index (χ1) is 26.3. The quantitative estimate of drug-likeness (QED) is 0.0719. The average Bonchev–Trinajstić information content (AvgIpc) is 2.99. The van der Waals surface area contributed by atoms with Crippen LogP contribution in [0.1, 0.15) is 0 Å². The number of hydrogen-bond acceptors (Lipinski definition) is 0. The molecular weight excluding hydrogens is 1800 g/mol. The molecule has 0 rings (SSSR count). The standard InChI is InChI=1S/H58P58/c1-31(2)46(32(3)4)53(45(29)30)57(54(47(33(5)6)34(7)8)48(35(9)10)36(11)12)58(55(49(37(13)14)38(15)16)50(39(17)18)40(19)20)56(51(41(21)22)42(23)24)52(43(25)26)44(27)28/h1-2H,3-30H2. The minimum atomic E-state index is -0.442. The van der Waals surface area contributed by atoms with Crippen LogP contribution in [-0.2, 0) is 0 Å². The zero-order chi connectivity index (χ0) is 46.2. The van der Waals surface area contributed by atoms with Crippen molar-refractivity contribution < 1.29 is 0 Å². The highest BCUT2D eigenvalue weighted by Gasteiger charge is 2.60. The molecule has 0 N–H and O–H groups in total. The second-order valence-corrected chi connectivity index (χ2v) is 246. The zero-order valence-electron chi connectivity index (χ0n) is 29.7. The molecule has 0 aromatic heterocycles. The molecule has 0 aliphatic rings. The molecule has 31 unspecified atom stereocenters. The maximum atomic E-state index is 4.53. The Hall–Kier alpha value is 24.9. The molecule has 0 saturated heterocycles. The van der Waals surface area contributed by atoms with Gasteiger partial charge in [-0.3, -0.25) is 0 Å². The Kier molecular flexibility index (Phi) is 64.7. The van der Waals surface area contributed by atoms with Crippen molar-refractivity contribution in [1.82, 2.24) is 0 Å². The molecule has 58 heavy (non-hydrogen) atoms. The fourth-order valence-electron chi connectivity index (χ4n) is 3.43. The van der Waals surface area contributed by atoms with Gasteiger partial charge in [0.2, 0.25) is 0 Å². The van der Waals surface area contributed by atoms with Gasteiger partial charge >= 0.3 is 0 Å². The summed E-state index contributed by atoms with van der Waals surface area (Å²) in [5.74, 6) is 0. The molecule has 0 aliphatic heterocycles. The molecule has 0 aromatic carbocycles. The van der Waals surface area contributed by atoms with Crippen molar-refractivity contribution in [2.75, 3.05) is 0 Å². The van der Waals surface area contributed by atoms with Crippen LogP contribution in [-0.4, -0.2) is 0 Å². The lowest BCUT2D eigenvalue weighted by Gasteiger charge is -2.60. The molecule has 0 bridgehead atoms. The lowest BCUT2D eigenvalue weighted by atomic mass is 28.4.